The van der Waals surface area contributed by atoms with Crippen molar-refractivity contribution in [3.63, 3.8) is 0 Å². The number of hydrogen-bond acceptors (Lipinski definition) is 0. The summed E-state index contributed by atoms with van der Waals surface area (Å²) in [6.45, 7) is 3.97. The summed E-state index contributed by atoms with van der Waals surface area (Å²) >= 11 is 0. The smallest absolute Gasteiger partial charge is 0.162 e. The van der Waals surface area contributed by atoms with Gasteiger partial charge in [-0.3, -0.25) is 0 Å². The molecule has 3 saturated carbocycles. The molecule has 0 spiro atoms. The van der Waals surface area contributed by atoms with Crippen molar-refractivity contribution in [1.29, 1.82) is 0 Å². The van der Waals surface area contributed by atoms with Crippen LogP contribution in [0.2, 0.25) is 0 Å². The Hall–Kier alpha value is -0.920. The average Bonchev–Trinajstić information content (AvgIpc) is 2.79. The standard InChI is InChI=1S/C28H42F2/c1-3-4-20-6-8-21(9-7-20)22-10-12-23(13-11-22)24-14-16-25(17-15-24)26-18-5-19(2)27(29)28(26)30/h5,18,20-25H,3-4,6-17H2,1-2H3. The zero-order valence-corrected chi connectivity index (χ0v) is 19.3. The van der Waals surface area contributed by atoms with Gasteiger partial charge in [0.15, 0.2) is 11.6 Å². The van der Waals surface area contributed by atoms with Crippen LogP contribution in [0.15, 0.2) is 12.1 Å². The maximum Gasteiger partial charge on any atom is 0.162 e. The first-order chi connectivity index (χ1) is 14.6. The zero-order chi connectivity index (χ0) is 21.1. The quantitative estimate of drug-likeness (QED) is 0.449. The summed E-state index contributed by atoms with van der Waals surface area (Å²) in [4.78, 5) is 0. The van der Waals surface area contributed by atoms with Gasteiger partial charge < -0.3 is 0 Å². The van der Waals surface area contributed by atoms with E-state index in [-0.39, 0.29) is 5.92 Å². The summed E-state index contributed by atoms with van der Waals surface area (Å²) in [6, 6.07) is 3.58. The van der Waals surface area contributed by atoms with Gasteiger partial charge in [0.05, 0.1) is 0 Å². The lowest BCUT2D eigenvalue weighted by Gasteiger charge is -2.41. The van der Waals surface area contributed by atoms with Gasteiger partial charge in [0, 0.05) is 0 Å². The minimum absolute atomic E-state index is 0.214. The van der Waals surface area contributed by atoms with Crippen molar-refractivity contribution in [3.05, 3.63) is 34.9 Å². The predicted molar refractivity (Wildman–Crippen MR) is 122 cm³/mol. The second-order valence-electron chi connectivity index (χ2n) is 11.0. The molecule has 0 aromatic heterocycles. The topological polar surface area (TPSA) is 0 Å². The van der Waals surface area contributed by atoms with E-state index in [1.54, 1.807) is 13.0 Å². The van der Waals surface area contributed by atoms with Crippen LogP contribution in [0.3, 0.4) is 0 Å². The average molecular weight is 417 g/mol. The molecule has 0 amide bonds. The Labute approximate surface area is 183 Å². The molecule has 0 bridgehead atoms. The molecular weight excluding hydrogens is 374 g/mol. The van der Waals surface area contributed by atoms with E-state index in [2.05, 4.69) is 6.92 Å². The van der Waals surface area contributed by atoms with Crippen LogP contribution in [0.1, 0.15) is 114 Å². The monoisotopic (exact) mass is 416 g/mol. The van der Waals surface area contributed by atoms with Crippen LogP contribution in [0.5, 0.6) is 0 Å². The van der Waals surface area contributed by atoms with Crippen LogP contribution in [-0.4, -0.2) is 0 Å². The molecule has 3 aliphatic carbocycles. The van der Waals surface area contributed by atoms with Gasteiger partial charge in [0.25, 0.3) is 0 Å². The van der Waals surface area contributed by atoms with Crippen LogP contribution in [0.25, 0.3) is 0 Å². The molecule has 0 nitrogen and oxygen atoms in total. The van der Waals surface area contributed by atoms with E-state index in [1.807, 2.05) is 6.07 Å². The van der Waals surface area contributed by atoms with E-state index >= 15 is 0 Å². The third kappa shape index (κ3) is 4.94. The molecule has 30 heavy (non-hydrogen) atoms. The number of rotatable bonds is 5. The molecule has 1 aromatic carbocycles. The van der Waals surface area contributed by atoms with Gasteiger partial charge in [-0.2, -0.15) is 0 Å². The molecule has 168 valence electrons. The summed E-state index contributed by atoms with van der Waals surface area (Å²) in [5.74, 6) is 3.71. The SMILES string of the molecule is CCCC1CCC(C2CCC(C3CCC(c4ccc(C)c(F)c4F)CC3)CC2)CC1. The third-order valence-corrected chi connectivity index (χ3v) is 9.26. The molecule has 3 fully saturated rings. The van der Waals surface area contributed by atoms with E-state index in [0.29, 0.717) is 11.1 Å². The minimum atomic E-state index is -0.642. The second kappa shape index (κ2) is 10.1. The van der Waals surface area contributed by atoms with Crippen molar-refractivity contribution < 1.29 is 8.78 Å². The molecular formula is C28H42F2. The predicted octanol–water partition coefficient (Wildman–Crippen LogP) is 8.96. The lowest BCUT2D eigenvalue weighted by atomic mass is 9.64. The largest absolute Gasteiger partial charge is 0.203 e. The van der Waals surface area contributed by atoms with Gasteiger partial charge in [0.1, 0.15) is 0 Å². The highest BCUT2D eigenvalue weighted by molar-refractivity contribution is 5.28. The van der Waals surface area contributed by atoms with Gasteiger partial charge in [-0.25, -0.2) is 8.78 Å². The van der Waals surface area contributed by atoms with E-state index in [1.165, 1.54) is 77.0 Å². The fourth-order valence-corrected chi connectivity index (χ4v) is 7.32. The molecule has 0 aliphatic heterocycles. The fourth-order valence-electron chi connectivity index (χ4n) is 7.32. The highest BCUT2D eigenvalue weighted by Gasteiger charge is 2.35. The number of aryl methyl sites for hydroxylation is 1. The van der Waals surface area contributed by atoms with Crippen molar-refractivity contribution in [3.8, 4) is 0 Å². The molecule has 2 heteroatoms. The molecule has 4 rings (SSSR count). The summed E-state index contributed by atoms with van der Waals surface area (Å²) < 4.78 is 28.4. The molecule has 0 N–H and O–H groups in total. The number of benzene rings is 1. The first-order valence-corrected chi connectivity index (χ1v) is 13.0. The summed E-state index contributed by atoms with van der Waals surface area (Å²) in [5.41, 5.74) is 1.04. The number of halogens is 2. The first kappa shape index (κ1) is 22.3. The molecule has 0 atom stereocenters. The Bertz CT molecular complexity index is 672. The van der Waals surface area contributed by atoms with E-state index in [0.717, 1.165) is 42.4 Å². The maximum atomic E-state index is 14.4. The third-order valence-electron chi connectivity index (χ3n) is 9.26. The highest BCUT2D eigenvalue weighted by atomic mass is 19.2. The van der Waals surface area contributed by atoms with Crippen LogP contribution in [0.4, 0.5) is 8.78 Å². The van der Waals surface area contributed by atoms with Crippen molar-refractivity contribution in [2.75, 3.05) is 0 Å². The number of hydrogen-bond donors (Lipinski definition) is 0. The van der Waals surface area contributed by atoms with Gasteiger partial charge in [-0.15, -0.1) is 0 Å². The summed E-state index contributed by atoms with van der Waals surface area (Å²) in [6.07, 6.45) is 19.0. The Morgan fingerprint density at radius 3 is 1.63 bits per heavy atom. The molecule has 3 aliphatic rings. The Morgan fingerprint density at radius 2 is 1.13 bits per heavy atom. The lowest BCUT2D eigenvalue weighted by molar-refractivity contribution is 0.108. The van der Waals surface area contributed by atoms with Gasteiger partial charge >= 0.3 is 0 Å². The van der Waals surface area contributed by atoms with Crippen molar-refractivity contribution in [2.45, 2.75) is 110 Å². The maximum absolute atomic E-state index is 14.4. The van der Waals surface area contributed by atoms with E-state index < -0.39 is 11.6 Å². The van der Waals surface area contributed by atoms with Crippen molar-refractivity contribution in [1.82, 2.24) is 0 Å². The van der Waals surface area contributed by atoms with Crippen molar-refractivity contribution >= 4 is 0 Å². The zero-order valence-electron chi connectivity index (χ0n) is 19.3. The molecule has 1 aromatic rings. The highest BCUT2D eigenvalue weighted by Crippen LogP contribution is 2.47. The summed E-state index contributed by atoms with van der Waals surface area (Å²) in [7, 11) is 0. The molecule has 0 heterocycles. The van der Waals surface area contributed by atoms with Crippen LogP contribution in [0, 0.1) is 48.1 Å². The first-order valence-electron chi connectivity index (χ1n) is 13.0. The normalized spacial score (nSPS) is 35.3. The Balaban J connectivity index is 1.23. The Morgan fingerprint density at radius 1 is 0.667 bits per heavy atom. The fraction of sp³-hybridized carbons (Fsp3) is 0.786. The Kier molecular flexibility index (Phi) is 7.53. The van der Waals surface area contributed by atoms with Gasteiger partial charge in [-0.05, 0) is 118 Å². The second-order valence-corrected chi connectivity index (χ2v) is 11.0. The van der Waals surface area contributed by atoms with Crippen LogP contribution in [-0.2, 0) is 0 Å². The molecule has 0 unspecified atom stereocenters. The van der Waals surface area contributed by atoms with Gasteiger partial charge in [-0.1, -0.05) is 44.7 Å². The van der Waals surface area contributed by atoms with E-state index in [9.17, 15) is 8.78 Å². The van der Waals surface area contributed by atoms with Gasteiger partial charge in [0.2, 0.25) is 0 Å². The lowest BCUT2D eigenvalue weighted by Crippen LogP contribution is -2.29. The molecule has 0 radical (unpaired) electrons. The molecule has 0 saturated heterocycles. The van der Waals surface area contributed by atoms with Crippen molar-refractivity contribution in [2.24, 2.45) is 29.6 Å². The van der Waals surface area contributed by atoms with E-state index in [4.69, 9.17) is 0 Å². The van der Waals surface area contributed by atoms with Crippen LogP contribution < -0.4 is 0 Å². The minimum Gasteiger partial charge on any atom is -0.203 e. The summed E-state index contributed by atoms with van der Waals surface area (Å²) in [5, 5.41) is 0. The van der Waals surface area contributed by atoms with Crippen LogP contribution >= 0.6 is 0 Å².